The molecule has 3 atom stereocenters. The molecule has 0 bridgehead atoms. The Hall–Kier alpha value is -1.52. The minimum absolute atomic E-state index is 0.179. The zero-order valence-electron chi connectivity index (χ0n) is 46.0. The van der Waals surface area contributed by atoms with Gasteiger partial charge in [0.25, 0.3) is 0 Å². The van der Waals surface area contributed by atoms with Crippen molar-refractivity contribution in [2.45, 2.75) is 328 Å². The average molecular weight is 1020 g/mol. The number of phosphoric ester groups is 1. The highest BCUT2D eigenvalue weighted by Crippen LogP contribution is 2.43. The van der Waals surface area contributed by atoms with E-state index in [9.17, 15) is 28.9 Å². The highest BCUT2D eigenvalue weighted by molar-refractivity contribution is 7.47. The van der Waals surface area contributed by atoms with Crippen molar-refractivity contribution in [2.75, 3.05) is 26.4 Å². The summed E-state index contributed by atoms with van der Waals surface area (Å²) in [6, 6.07) is 0. The summed E-state index contributed by atoms with van der Waals surface area (Å²) in [4.78, 5) is 48.5. The van der Waals surface area contributed by atoms with Gasteiger partial charge in [-0.25, -0.2) is 4.57 Å². The average Bonchev–Trinajstić information content (AvgIpc) is 3.35. The number of carbonyl (C=O) groups is 3. The maximum Gasteiger partial charge on any atom is 0.472 e. The van der Waals surface area contributed by atoms with E-state index >= 15 is 0 Å². The van der Waals surface area contributed by atoms with Crippen LogP contribution >= 0.6 is 7.82 Å². The lowest BCUT2D eigenvalue weighted by Gasteiger charge is -2.21. The van der Waals surface area contributed by atoms with E-state index < -0.39 is 57.8 Å². The number of aliphatic hydroxyl groups is 1. The molecule has 12 heteroatoms. The predicted octanol–water partition coefficient (Wildman–Crippen LogP) is 17.5. The number of esters is 3. The molecular weight excluding hydrogens is 904 g/mol. The summed E-state index contributed by atoms with van der Waals surface area (Å²) in [6.45, 7) is 4.70. The number of hydrogen-bond acceptors (Lipinski definition) is 10. The molecule has 0 radical (unpaired) electrons. The first kappa shape index (κ1) is 68.5. The molecule has 3 unspecified atom stereocenters. The monoisotopic (exact) mass is 1020 g/mol. The Morgan fingerprint density at radius 1 is 0.343 bits per heavy atom. The van der Waals surface area contributed by atoms with E-state index in [1.807, 2.05) is 0 Å². The number of ether oxygens (including phenoxy) is 3. The van der Waals surface area contributed by atoms with Gasteiger partial charge in [0.1, 0.15) is 12.7 Å². The van der Waals surface area contributed by atoms with E-state index in [4.69, 9.17) is 23.3 Å². The van der Waals surface area contributed by atoms with Crippen molar-refractivity contribution in [3.63, 3.8) is 0 Å². The fraction of sp³-hybridized carbons (Fsp3) is 0.948. The molecule has 0 aliphatic rings. The first-order valence-corrected chi connectivity index (χ1v) is 31.4. The summed E-state index contributed by atoms with van der Waals surface area (Å²) >= 11 is 0. The lowest BCUT2D eigenvalue weighted by molar-refractivity contribution is -0.161. The SMILES string of the molecule is CCCCCCCCCCCCCCCCCCCC(=O)OCC(COP(=O)(O)OCC(CO)OC(=O)CCCCCCCCCCC)OC(=O)CCCCCCCCCCCCCCCCCCC. The fourth-order valence-electron chi connectivity index (χ4n) is 8.95. The lowest BCUT2D eigenvalue weighted by atomic mass is 10.0. The van der Waals surface area contributed by atoms with Crippen LogP contribution in [0.5, 0.6) is 0 Å². The van der Waals surface area contributed by atoms with Crippen molar-refractivity contribution < 1.29 is 52.2 Å². The van der Waals surface area contributed by atoms with Crippen molar-refractivity contribution in [3.05, 3.63) is 0 Å². The van der Waals surface area contributed by atoms with Gasteiger partial charge in [0.05, 0.1) is 19.8 Å². The third kappa shape index (κ3) is 51.4. The van der Waals surface area contributed by atoms with Crippen LogP contribution in [0.2, 0.25) is 0 Å². The molecule has 0 aliphatic heterocycles. The molecule has 0 saturated carbocycles. The van der Waals surface area contributed by atoms with Crippen LogP contribution in [0.25, 0.3) is 0 Å². The van der Waals surface area contributed by atoms with E-state index in [1.165, 1.54) is 199 Å². The molecule has 0 rings (SSSR count). The van der Waals surface area contributed by atoms with Crippen LogP contribution in [0.3, 0.4) is 0 Å². The summed E-state index contributed by atoms with van der Waals surface area (Å²) in [7, 11) is -4.73. The highest BCUT2D eigenvalue weighted by atomic mass is 31.2. The Morgan fingerprint density at radius 3 is 0.843 bits per heavy atom. The number of rotatable bonds is 57. The Morgan fingerprint density at radius 2 is 0.571 bits per heavy atom. The van der Waals surface area contributed by atoms with Gasteiger partial charge in [0.2, 0.25) is 0 Å². The van der Waals surface area contributed by atoms with E-state index in [1.54, 1.807) is 0 Å². The van der Waals surface area contributed by atoms with Crippen molar-refractivity contribution in [3.8, 4) is 0 Å². The predicted molar refractivity (Wildman–Crippen MR) is 289 cm³/mol. The van der Waals surface area contributed by atoms with Crippen molar-refractivity contribution >= 4 is 25.7 Å². The zero-order chi connectivity index (χ0) is 51.3. The van der Waals surface area contributed by atoms with Gasteiger partial charge in [-0.2, -0.15) is 0 Å². The van der Waals surface area contributed by atoms with E-state index in [0.717, 1.165) is 57.8 Å². The van der Waals surface area contributed by atoms with Crippen LogP contribution in [0.4, 0.5) is 0 Å². The Kier molecular flexibility index (Phi) is 52.6. The van der Waals surface area contributed by atoms with Crippen LogP contribution in [0.1, 0.15) is 316 Å². The molecule has 0 aromatic carbocycles. The molecule has 0 fully saturated rings. The summed E-state index contributed by atoms with van der Waals surface area (Å²) in [5.74, 6) is -1.43. The molecule has 0 aliphatic carbocycles. The Balaban J connectivity index is 4.63. The van der Waals surface area contributed by atoms with Gasteiger partial charge in [-0.3, -0.25) is 23.4 Å². The molecule has 0 aromatic rings. The maximum atomic E-state index is 12.9. The van der Waals surface area contributed by atoms with Crippen molar-refractivity contribution in [1.29, 1.82) is 0 Å². The van der Waals surface area contributed by atoms with Crippen molar-refractivity contribution in [1.82, 2.24) is 0 Å². The van der Waals surface area contributed by atoms with Gasteiger partial charge in [-0.15, -0.1) is 0 Å². The van der Waals surface area contributed by atoms with Gasteiger partial charge in [-0.1, -0.05) is 278 Å². The first-order valence-electron chi connectivity index (χ1n) is 29.9. The minimum Gasteiger partial charge on any atom is -0.462 e. The number of hydrogen-bond donors (Lipinski definition) is 2. The molecule has 416 valence electrons. The highest BCUT2D eigenvalue weighted by Gasteiger charge is 2.28. The van der Waals surface area contributed by atoms with Gasteiger partial charge in [0.15, 0.2) is 6.10 Å². The van der Waals surface area contributed by atoms with Crippen LogP contribution in [0.15, 0.2) is 0 Å². The second-order valence-electron chi connectivity index (χ2n) is 20.5. The van der Waals surface area contributed by atoms with Gasteiger partial charge < -0.3 is 24.2 Å². The fourth-order valence-corrected chi connectivity index (χ4v) is 9.73. The lowest BCUT2D eigenvalue weighted by Crippen LogP contribution is -2.30. The Bertz CT molecular complexity index is 1190. The van der Waals surface area contributed by atoms with E-state index in [0.29, 0.717) is 19.3 Å². The summed E-state index contributed by atoms with van der Waals surface area (Å²) in [5.41, 5.74) is 0. The zero-order valence-corrected chi connectivity index (χ0v) is 46.9. The van der Waals surface area contributed by atoms with Gasteiger partial charge in [-0.05, 0) is 19.3 Å². The van der Waals surface area contributed by atoms with Crippen LogP contribution in [-0.4, -0.2) is 66.5 Å². The largest absolute Gasteiger partial charge is 0.472 e. The molecule has 0 saturated heterocycles. The van der Waals surface area contributed by atoms with Crippen LogP contribution < -0.4 is 0 Å². The van der Waals surface area contributed by atoms with E-state index in [-0.39, 0.29) is 25.9 Å². The number of unbranched alkanes of at least 4 members (excludes halogenated alkanes) is 40. The molecule has 70 heavy (non-hydrogen) atoms. The van der Waals surface area contributed by atoms with Crippen LogP contribution in [0, 0.1) is 0 Å². The third-order valence-corrected chi connectivity index (χ3v) is 14.5. The quantitative estimate of drug-likeness (QED) is 0.0259. The van der Waals surface area contributed by atoms with Crippen LogP contribution in [-0.2, 0) is 42.2 Å². The molecule has 2 N–H and O–H groups in total. The minimum atomic E-state index is -4.73. The van der Waals surface area contributed by atoms with Crippen molar-refractivity contribution in [2.24, 2.45) is 0 Å². The Labute approximate surface area is 431 Å². The molecule has 0 aromatic heterocycles. The normalized spacial score (nSPS) is 13.3. The molecule has 0 amide bonds. The number of carbonyl (C=O) groups excluding carboxylic acids is 3. The third-order valence-electron chi connectivity index (χ3n) is 13.5. The summed E-state index contributed by atoms with van der Waals surface area (Å²) < 4.78 is 39.5. The summed E-state index contributed by atoms with van der Waals surface area (Å²) in [5, 5.41) is 9.77. The molecular formula is C58H113O11P. The smallest absolute Gasteiger partial charge is 0.462 e. The molecule has 0 spiro atoms. The van der Waals surface area contributed by atoms with Gasteiger partial charge in [0, 0.05) is 19.3 Å². The first-order chi connectivity index (χ1) is 34.2. The second-order valence-corrected chi connectivity index (χ2v) is 22.0. The number of phosphoric acid groups is 1. The molecule has 0 heterocycles. The number of aliphatic hydroxyl groups excluding tert-OH is 1. The van der Waals surface area contributed by atoms with Gasteiger partial charge >= 0.3 is 25.7 Å². The summed E-state index contributed by atoms with van der Waals surface area (Å²) in [6.07, 6.45) is 50.7. The standard InChI is InChI=1S/C58H113O11P/c1-4-7-10-13-16-19-21-23-25-27-29-31-33-36-38-41-44-47-56(60)65-51-55(69-58(62)49-46-43-40-37-34-32-30-28-26-24-22-20-17-14-11-8-5-2)53-67-70(63,64)66-52-54(50-59)68-57(61)48-45-42-39-35-18-15-12-9-6-3/h54-55,59H,4-53H2,1-3H3,(H,63,64). The molecule has 11 nitrogen and oxygen atoms in total. The van der Waals surface area contributed by atoms with E-state index in [2.05, 4.69) is 20.8 Å². The maximum absolute atomic E-state index is 12.9. The topological polar surface area (TPSA) is 155 Å². The second kappa shape index (κ2) is 53.8.